The van der Waals surface area contributed by atoms with Gasteiger partial charge in [0.2, 0.25) is 0 Å². The highest BCUT2D eigenvalue weighted by molar-refractivity contribution is 5.70. The van der Waals surface area contributed by atoms with Crippen LogP contribution in [0.2, 0.25) is 0 Å². The topological polar surface area (TPSA) is 52.6 Å². The molecule has 0 aromatic carbocycles. The summed E-state index contributed by atoms with van der Waals surface area (Å²) in [7, 11) is 0. The predicted molar refractivity (Wildman–Crippen MR) is 76.2 cm³/mol. The number of carbonyl (C=O) groups is 1. The Bertz CT molecular complexity index is 321. The van der Waals surface area contributed by atoms with Crippen LogP contribution in [0.1, 0.15) is 40.0 Å². The van der Waals surface area contributed by atoms with Crippen LogP contribution in [0.3, 0.4) is 0 Å². The largest absolute Gasteiger partial charge is 0.481 e. The van der Waals surface area contributed by atoms with Gasteiger partial charge in [-0.1, -0.05) is 20.8 Å². The van der Waals surface area contributed by atoms with Gasteiger partial charge in [-0.25, -0.2) is 0 Å². The van der Waals surface area contributed by atoms with Crippen molar-refractivity contribution in [1.29, 1.82) is 0 Å². The van der Waals surface area contributed by atoms with Crippen molar-refractivity contribution in [2.24, 2.45) is 17.3 Å². The molecular weight excluding hydrogens is 240 g/mol. The highest BCUT2D eigenvalue weighted by Crippen LogP contribution is 2.31. The maximum absolute atomic E-state index is 11.3. The molecule has 1 aliphatic carbocycles. The third kappa shape index (κ3) is 5.11. The first-order valence-corrected chi connectivity index (χ1v) is 7.52. The second-order valence-electron chi connectivity index (χ2n) is 7.57. The van der Waals surface area contributed by atoms with E-state index in [4.69, 9.17) is 0 Å². The number of hydrogen-bond donors (Lipinski definition) is 2. The van der Waals surface area contributed by atoms with E-state index in [0.29, 0.717) is 6.04 Å². The van der Waals surface area contributed by atoms with E-state index in [1.165, 1.54) is 12.8 Å². The first-order chi connectivity index (χ1) is 8.83. The van der Waals surface area contributed by atoms with Crippen molar-refractivity contribution in [2.45, 2.75) is 46.1 Å². The molecule has 0 aromatic rings. The van der Waals surface area contributed by atoms with E-state index in [9.17, 15) is 9.90 Å². The van der Waals surface area contributed by atoms with Crippen molar-refractivity contribution in [1.82, 2.24) is 10.2 Å². The highest BCUT2D eigenvalue weighted by Gasteiger charge is 2.34. The van der Waals surface area contributed by atoms with Gasteiger partial charge in [0.15, 0.2) is 0 Å². The maximum atomic E-state index is 11.3. The number of carboxylic acid groups (broad SMARTS) is 1. The number of nitrogens with zero attached hydrogens (tertiary/aromatic N) is 1. The Morgan fingerprint density at radius 1 is 1.32 bits per heavy atom. The SMILES string of the molecule is CC(C)(C)CNC1CC(C(=O)O)CN(CC2CC2)C1. The highest BCUT2D eigenvalue weighted by atomic mass is 16.4. The Morgan fingerprint density at radius 2 is 2.00 bits per heavy atom. The Labute approximate surface area is 116 Å². The van der Waals surface area contributed by atoms with Crippen LogP contribution in [0.15, 0.2) is 0 Å². The van der Waals surface area contributed by atoms with Gasteiger partial charge in [0.1, 0.15) is 0 Å². The molecule has 0 aromatic heterocycles. The fraction of sp³-hybridized carbons (Fsp3) is 0.933. The first-order valence-electron chi connectivity index (χ1n) is 7.52. The van der Waals surface area contributed by atoms with Crippen LogP contribution in [0, 0.1) is 17.3 Å². The molecule has 2 atom stereocenters. The number of carboxylic acids is 1. The van der Waals surface area contributed by atoms with Crippen molar-refractivity contribution in [3.8, 4) is 0 Å². The number of nitrogens with one attached hydrogen (secondary N) is 1. The maximum Gasteiger partial charge on any atom is 0.307 e. The van der Waals surface area contributed by atoms with E-state index in [1.807, 2.05) is 0 Å². The smallest absolute Gasteiger partial charge is 0.307 e. The van der Waals surface area contributed by atoms with Crippen LogP contribution in [0.25, 0.3) is 0 Å². The fourth-order valence-electron chi connectivity index (χ4n) is 2.78. The quantitative estimate of drug-likeness (QED) is 0.798. The van der Waals surface area contributed by atoms with E-state index >= 15 is 0 Å². The fourth-order valence-corrected chi connectivity index (χ4v) is 2.78. The van der Waals surface area contributed by atoms with Crippen LogP contribution in [0.5, 0.6) is 0 Å². The zero-order valence-corrected chi connectivity index (χ0v) is 12.5. The van der Waals surface area contributed by atoms with E-state index < -0.39 is 5.97 Å². The second-order valence-corrected chi connectivity index (χ2v) is 7.57. The van der Waals surface area contributed by atoms with Gasteiger partial charge in [-0.05, 0) is 30.6 Å². The average Bonchev–Trinajstić information content (AvgIpc) is 3.09. The van der Waals surface area contributed by atoms with E-state index in [0.717, 1.165) is 38.5 Å². The molecule has 4 nitrogen and oxygen atoms in total. The van der Waals surface area contributed by atoms with E-state index in [2.05, 4.69) is 31.0 Å². The van der Waals surface area contributed by atoms with Crippen LogP contribution < -0.4 is 5.32 Å². The Kier molecular flexibility index (Phi) is 4.51. The van der Waals surface area contributed by atoms with E-state index in [-0.39, 0.29) is 11.3 Å². The lowest BCUT2D eigenvalue weighted by Crippen LogP contribution is -2.52. The zero-order valence-electron chi connectivity index (χ0n) is 12.5. The first kappa shape index (κ1) is 14.8. The summed E-state index contributed by atoms with van der Waals surface area (Å²) in [5.41, 5.74) is 0.248. The summed E-state index contributed by atoms with van der Waals surface area (Å²) in [6.45, 7) is 10.4. The molecule has 2 aliphatic rings. The summed E-state index contributed by atoms with van der Waals surface area (Å²) in [6.07, 6.45) is 3.43. The van der Waals surface area contributed by atoms with Gasteiger partial charge in [-0.2, -0.15) is 0 Å². The van der Waals surface area contributed by atoms with Crippen LogP contribution in [-0.2, 0) is 4.79 Å². The van der Waals surface area contributed by atoms with Gasteiger partial charge in [0, 0.05) is 32.2 Å². The van der Waals surface area contributed by atoms with Crippen molar-refractivity contribution < 1.29 is 9.90 Å². The van der Waals surface area contributed by atoms with Gasteiger partial charge in [-0.3, -0.25) is 4.79 Å². The van der Waals surface area contributed by atoms with E-state index in [1.54, 1.807) is 0 Å². The lowest BCUT2D eigenvalue weighted by atomic mass is 9.91. The molecule has 2 fully saturated rings. The molecule has 1 saturated heterocycles. The molecule has 0 amide bonds. The summed E-state index contributed by atoms with van der Waals surface area (Å²) in [5, 5.41) is 12.9. The predicted octanol–water partition coefficient (Wildman–Crippen LogP) is 1.81. The number of hydrogen-bond acceptors (Lipinski definition) is 3. The number of rotatable bonds is 5. The number of likely N-dealkylation sites (tertiary alicyclic amines) is 1. The minimum Gasteiger partial charge on any atom is -0.481 e. The standard InChI is InChI=1S/C15H28N2O2/c1-15(2,3)10-16-13-6-12(14(18)19)8-17(9-13)7-11-4-5-11/h11-13,16H,4-10H2,1-3H3,(H,18,19). The zero-order chi connectivity index (χ0) is 14.0. The molecule has 1 saturated carbocycles. The van der Waals surface area contributed by atoms with Crippen LogP contribution >= 0.6 is 0 Å². The normalized spacial score (nSPS) is 29.4. The van der Waals surface area contributed by atoms with Crippen molar-refractivity contribution >= 4 is 5.97 Å². The molecule has 19 heavy (non-hydrogen) atoms. The third-order valence-electron chi connectivity index (χ3n) is 4.01. The molecule has 4 heteroatoms. The number of aliphatic carboxylic acids is 1. The van der Waals surface area contributed by atoms with Gasteiger partial charge in [-0.15, -0.1) is 0 Å². The minimum atomic E-state index is -0.636. The molecule has 2 N–H and O–H groups in total. The van der Waals surface area contributed by atoms with Gasteiger partial charge in [0.05, 0.1) is 5.92 Å². The van der Waals surface area contributed by atoms with Crippen LogP contribution in [-0.4, -0.2) is 48.2 Å². The minimum absolute atomic E-state index is 0.204. The average molecular weight is 268 g/mol. The molecule has 2 unspecified atom stereocenters. The Balaban J connectivity index is 1.87. The summed E-state index contributed by atoms with van der Waals surface area (Å²) in [4.78, 5) is 13.7. The van der Waals surface area contributed by atoms with Crippen LogP contribution in [0.4, 0.5) is 0 Å². The lowest BCUT2D eigenvalue weighted by Gasteiger charge is -2.37. The third-order valence-corrected chi connectivity index (χ3v) is 4.01. The summed E-state index contributed by atoms with van der Waals surface area (Å²) >= 11 is 0. The molecular formula is C15H28N2O2. The van der Waals surface area contributed by atoms with Crippen molar-refractivity contribution in [3.05, 3.63) is 0 Å². The molecule has 1 heterocycles. The lowest BCUT2D eigenvalue weighted by molar-refractivity contribution is -0.144. The monoisotopic (exact) mass is 268 g/mol. The van der Waals surface area contributed by atoms with Gasteiger partial charge in [0.25, 0.3) is 0 Å². The summed E-state index contributed by atoms with van der Waals surface area (Å²) in [5.74, 6) is -0.0103. The molecule has 0 radical (unpaired) electrons. The molecule has 0 bridgehead atoms. The Morgan fingerprint density at radius 3 is 2.53 bits per heavy atom. The Hall–Kier alpha value is -0.610. The molecule has 1 aliphatic heterocycles. The van der Waals surface area contributed by atoms with Crippen molar-refractivity contribution in [2.75, 3.05) is 26.2 Å². The second kappa shape index (κ2) is 5.80. The molecule has 0 spiro atoms. The molecule has 2 rings (SSSR count). The van der Waals surface area contributed by atoms with Gasteiger partial charge < -0.3 is 15.3 Å². The summed E-state index contributed by atoms with van der Waals surface area (Å²) in [6, 6.07) is 0.327. The number of piperidine rings is 1. The molecule has 110 valence electrons. The van der Waals surface area contributed by atoms with Crippen molar-refractivity contribution in [3.63, 3.8) is 0 Å². The van der Waals surface area contributed by atoms with Gasteiger partial charge >= 0.3 is 5.97 Å². The summed E-state index contributed by atoms with van der Waals surface area (Å²) < 4.78 is 0.